The molecule has 0 saturated heterocycles. The molecule has 1 N–H and O–H groups in total. The van der Waals surface area contributed by atoms with E-state index in [9.17, 15) is 27.6 Å². The van der Waals surface area contributed by atoms with Crippen LogP contribution in [0.15, 0.2) is 4.47 Å². The number of carbonyl (C=O) groups excluding carboxylic acids is 3. The number of nitrogens with one attached hydrogen (secondary N) is 1. The number of nitrogens with zero attached hydrogens (tertiary/aromatic N) is 2. The van der Waals surface area contributed by atoms with E-state index in [0.29, 0.717) is 18.5 Å². The molecule has 2 aromatic rings. The van der Waals surface area contributed by atoms with E-state index in [4.69, 9.17) is 9.47 Å². The highest BCUT2D eigenvalue weighted by atomic mass is 79.9. The number of thiophene rings is 1. The second-order valence-electron chi connectivity index (χ2n) is 7.23. The maximum absolute atomic E-state index is 13.3. The van der Waals surface area contributed by atoms with Gasteiger partial charge in [0.05, 0.1) is 28.9 Å². The summed E-state index contributed by atoms with van der Waals surface area (Å²) in [6.45, 7) is 4.45. The van der Waals surface area contributed by atoms with Crippen LogP contribution < -0.4 is 5.32 Å². The van der Waals surface area contributed by atoms with Crippen LogP contribution in [0.4, 0.5) is 18.2 Å². The Balaban J connectivity index is 1.91. The Bertz CT molecular complexity index is 1090. The third-order valence-electron chi connectivity index (χ3n) is 4.80. The minimum Gasteiger partial charge on any atom is -0.462 e. The molecule has 180 valence electrons. The van der Waals surface area contributed by atoms with Crippen LogP contribution in [0.2, 0.25) is 0 Å². The van der Waals surface area contributed by atoms with Crippen LogP contribution >= 0.6 is 27.3 Å². The summed E-state index contributed by atoms with van der Waals surface area (Å²) in [6, 6.07) is 0. The van der Waals surface area contributed by atoms with Gasteiger partial charge in [0.2, 0.25) is 5.91 Å². The molecule has 1 aliphatic rings. The maximum Gasteiger partial charge on any atom is 0.436 e. The summed E-state index contributed by atoms with van der Waals surface area (Å²) in [6.07, 6.45) is -3.28. The molecule has 8 nitrogen and oxygen atoms in total. The second-order valence-corrected chi connectivity index (χ2v) is 9.04. The van der Waals surface area contributed by atoms with Crippen molar-refractivity contribution in [2.45, 2.75) is 52.3 Å². The lowest BCUT2D eigenvalue weighted by Gasteiger charge is -2.09. The smallest absolute Gasteiger partial charge is 0.436 e. The first-order chi connectivity index (χ1) is 15.5. The highest BCUT2D eigenvalue weighted by Gasteiger charge is 2.42. The van der Waals surface area contributed by atoms with Crippen molar-refractivity contribution < 1.29 is 37.0 Å². The van der Waals surface area contributed by atoms with Crippen molar-refractivity contribution in [2.75, 3.05) is 18.5 Å². The number of rotatable bonds is 8. The number of hydrogen-bond acceptors (Lipinski definition) is 7. The first-order valence-electron chi connectivity index (χ1n) is 10.1. The van der Waals surface area contributed by atoms with E-state index in [0.717, 1.165) is 16.0 Å². The van der Waals surface area contributed by atoms with E-state index >= 15 is 0 Å². The number of alkyl halides is 3. The molecule has 2 aromatic heterocycles. The van der Waals surface area contributed by atoms with Crippen molar-refractivity contribution in [3.8, 4) is 0 Å². The fourth-order valence-corrected chi connectivity index (χ4v) is 5.18. The zero-order chi connectivity index (χ0) is 24.5. The molecule has 3 rings (SSSR count). The van der Waals surface area contributed by atoms with Gasteiger partial charge in [-0.1, -0.05) is 0 Å². The van der Waals surface area contributed by atoms with E-state index in [2.05, 4.69) is 26.3 Å². The first kappa shape index (κ1) is 25.2. The maximum atomic E-state index is 13.3. The monoisotopic (exact) mass is 551 g/mol. The molecule has 33 heavy (non-hydrogen) atoms. The summed E-state index contributed by atoms with van der Waals surface area (Å²) in [5.74, 6) is -2.22. The summed E-state index contributed by atoms with van der Waals surface area (Å²) in [5, 5.41) is 6.18. The molecular formula is C20H21BrF3N3O5S. The van der Waals surface area contributed by atoms with Crippen molar-refractivity contribution in [3.63, 3.8) is 0 Å². The Labute approximate surface area is 199 Å². The Morgan fingerprint density at radius 3 is 2.33 bits per heavy atom. The predicted molar refractivity (Wildman–Crippen MR) is 117 cm³/mol. The summed E-state index contributed by atoms with van der Waals surface area (Å²) >= 11 is 3.82. The molecule has 13 heteroatoms. The molecule has 0 atom stereocenters. The van der Waals surface area contributed by atoms with Crippen LogP contribution in [0.25, 0.3) is 0 Å². The molecular weight excluding hydrogens is 531 g/mol. The van der Waals surface area contributed by atoms with Gasteiger partial charge in [0.25, 0.3) is 0 Å². The second kappa shape index (κ2) is 9.84. The Morgan fingerprint density at radius 1 is 1.18 bits per heavy atom. The van der Waals surface area contributed by atoms with Gasteiger partial charge in [-0.3, -0.25) is 9.48 Å². The number of ether oxygens (including phenoxy) is 2. The summed E-state index contributed by atoms with van der Waals surface area (Å²) < 4.78 is 50.8. The Hall–Kier alpha value is -2.41. The summed E-state index contributed by atoms with van der Waals surface area (Å²) in [7, 11) is 0. The molecule has 0 aromatic carbocycles. The molecule has 1 saturated carbocycles. The number of anilines is 1. The van der Waals surface area contributed by atoms with Gasteiger partial charge in [-0.2, -0.15) is 18.3 Å². The van der Waals surface area contributed by atoms with Crippen molar-refractivity contribution in [2.24, 2.45) is 0 Å². The third kappa shape index (κ3) is 5.40. The fourth-order valence-electron chi connectivity index (χ4n) is 3.25. The molecule has 1 amide bonds. The van der Waals surface area contributed by atoms with Gasteiger partial charge < -0.3 is 14.8 Å². The topological polar surface area (TPSA) is 99.5 Å². The lowest BCUT2D eigenvalue weighted by atomic mass is 10.1. The third-order valence-corrected chi connectivity index (χ3v) is 6.77. The van der Waals surface area contributed by atoms with Crippen molar-refractivity contribution in [1.82, 2.24) is 9.78 Å². The van der Waals surface area contributed by atoms with E-state index in [-0.39, 0.29) is 44.6 Å². The van der Waals surface area contributed by atoms with E-state index in [1.807, 2.05) is 0 Å². The van der Waals surface area contributed by atoms with Gasteiger partial charge in [-0.25, -0.2) is 9.59 Å². The van der Waals surface area contributed by atoms with Crippen LogP contribution in [0.3, 0.4) is 0 Å². The van der Waals surface area contributed by atoms with Gasteiger partial charge in [-0.05, 0) is 55.1 Å². The highest BCUT2D eigenvalue weighted by Crippen LogP contribution is 2.47. The van der Waals surface area contributed by atoms with Gasteiger partial charge >= 0.3 is 18.1 Å². The minimum atomic E-state index is -4.68. The van der Waals surface area contributed by atoms with Crippen LogP contribution in [0.5, 0.6) is 0 Å². The highest BCUT2D eigenvalue weighted by molar-refractivity contribution is 9.10. The average molecular weight is 552 g/mol. The van der Waals surface area contributed by atoms with Crippen LogP contribution in [-0.2, 0) is 27.0 Å². The summed E-state index contributed by atoms with van der Waals surface area (Å²) in [4.78, 5) is 37.6. The molecule has 0 spiro atoms. The zero-order valence-corrected chi connectivity index (χ0v) is 20.4. The number of amides is 1. The number of hydrogen-bond donors (Lipinski definition) is 1. The van der Waals surface area contributed by atoms with Crippen LogP contribution in [-0.4, -0.2) is 40.8 Å². The molecule has 0 radical (unpaired) electrons. The number of carbonyl (C=O) groups is 3. The van der Waals surface area contributed by atoms with Gasteiger partial charge in [-0.15, -0.1) is 11.3 Å². The van der Waals surface area contributed by atoms with Crippen LogP contribution in [0, 0.1) is 6.92 Å². The fraction of sp³-hybridized carbons (Fsp3) is 0.500. The molecule has 0 aliphatic heterocycles. The molecule has 1 fully saturated rings. The van der Waals surface area contributed by atoms with Gasteiger partial charge in [0, 0.05) is 5.92 Å². The van der Waals surface area contributed by atoms with Crippen molar-refractivity contribution in [1.29, 1.82) is 0 Å². The number of aromatic nitrogens is 2. The molecule has 0 bridgehead atoms. The van der Waals surface area contributed by atoms with Crippen LogP contribution in [0.1, 0.15) is 69.6 Å². The normalized spacial score (nSPS) is 13.7. The molecule has 0 unspecified atom stereocenters. The Kier molecular flexibility index (Phi) is 7.52. The van der Waals surface area contributed by atoms with Crippen molar-refractivity contribution >= 4 is 50.1 Å². The number of halogens is 4. The lowest BCUT2D eigenvalue weighted by Crippen LogP contribution is -2.22. The first-order valence-corrected chi connectivity index (χ1v) is 11.7. The average Bonchev–Trinajstić information content (AvgIpc) is 3.41. The quantitative estimate of drug-likeness (QED) is 0.468. The van der Waals surface area contributed by atoms with Crippen molar-refractivity contribution in [3.05, 3.63) is 31.9 Å². The largest absolute Gasteiger partial charge is 0.462 e. The predicted octanol–water partition coefficient (Wildman–Crippen LogP) is 4.90. The molecule has 1 aliphatic carbocycles. The SMILES string of the molecule is CCOC(=O)c1sc(NC(=O)Cn2nc(C(F)(F)F)c(Br)c2C2CC2)c(C(=O)OCC)c1C. The summed E-state index contributed by atoms with van der Waals surface area (Å²) in [5.41, 5.74) is -0.510. The van der Waals surface area contributed by atoms with Gasteiger partial charge in [0.1, 0.15) is 16.4 Å². The number of esters is 2. The van der Waals surface area contributed by atoms with E-state index in [1.54, 1.807) is 13.8 Å². The van der Waals surface area contributed by atoms with Gasteiger partial charge in [0.15, 0.2) is 5.69 Å². The standard InChI is InChI=1S/C20H21BrF3N3O5S/c1-4-31-18(29)12-9(3)15(19(30)32-5-2)33-17(12)25-11(28)8-27-14(10-6-7-10)13(21)16(26-27)20(22,23)24/h10H,4-8H2,1-3H3,(H,25,28). The zero-order valence-electron chi connectivity index (χ0n) is 18.0. The molecule has 2 heterocycles. The minimum absolute atomic E-state index is 0.00158. The van der Waals surface area contributed by atoms with E-state index in [1.165, 1.54) is 6.92 Å². The lowest BCUT2D eigenvalue weighted by molar-refractivity contribution is -0.142. The Morgan fingerprint density at radius 2 is 1.79 bits per heavy atom. The van der Waals surface area contributed by atoms with E-state index < -0.39 is 36.3 Å².